The van der Waals surface area contributed by atoms with Crippen LogP contribution >= 0.6 is 23.2 Å². The van der Waals surface area contributed by atoms with Crippen molar-refractivity contribution in [3.05, 3.63) is 120 Å². The number of hydrogen-bond donors (Lipinski definition) is 6. The van der Waals surface area contributed by atoms with Gasteiger partial charge in [0.15, 0.2) is 17.5 Å². The van der Waals surface area contributed by atoms with Crippen molar-refractivity contribution >= 4 is 69.7 Å². The molecule has 0 saturated carbocycles. The summed E-state index contributed by atoms with van der Waals surface area (Å²) in [5.41, 5.74) is 0.602. The molecule has 0 aliphatic rings. The number of allylic oxidation sites excluding steroid dienone is 7. The largest absolute Gasteiger partial charge is 0.505 e. The number of rotatable bonds is 28. The van der Waals surface area contributed by atoms with Crippen LogP contribution in [0.4, 0.5) is 30.7 Å². The fourth-order valence-corrected chi connectivity index (χ4v) is 6.38. The van der Waals surface area contributed by atoms with Gasteiger partial charge in [0.2, 0.25) is 0 Å². The first-order valence-corrected chi connectivity index (χ1v) is 24.7. The van der Waals surface area contributed by atoms with Crippen molar-refractivity contribution in [3.63, 3.8) is 0 Å². The summed E-state index contributed by atoms with van der Waals surface area (Å²) in [6.07, 6.45) is 18.5. The molecule has 0 fully saturated rings. The van der Waals surface area contributed by atoms with Crippen LogP contribution < -0.4 is 0 Å². The number of aromatic hydroxyl groups is 1. The van der Waals surface area contributed by atoms with Crippen molar-refractivity contribution < 1.29 is 90.1 Å². The average molecular weight is 1110 g/mol. The molecule has 3 aromatic rings. The minimum atomic E-state index is -5.57. The van der Waals surface area contributed by atoms with Gasteiger partial charge >= 0.3 is 42.2 Å². The molecule has 13 nitrogen and oxygen atoms in total. The molecule has 418 valence electrons. The summed E-state index contributed by atoms with van der Waals surface area (Å²) in [5, 5.41) is 52.1. The Morgan fingerprint density at radius 3 is 1.53 bits per heavy atom. The standard InChI is InChI=1S/C17H32Cl2O2.C11H11FO3.C10H7NO3.C10H12O2.C5H4F6O2/c18-15-16(19)13-11-9-7-5-3-1-2-4-6-8-10-12-14-17(20)21;12-9-6-4-8(5-7-9)10(13)2-1-3-11(14)15;12-9-7(10(13)14)4-3-6-2-1-5-11-8(6)9;1-2-3-4-5-6-7-8-9-10(11)12;6-4(7,8)2(1-3(12)13)5(9,10)11/h16H,1-15H2,(H,20,21);4-7H,1-3H2,(H,14,15);1-5,12H,(H,13,14);2-9H,1H3,(H,11,12);2H,1H2,(H,12,13). The number of carboxylic acid groups (broad SMARTS) is 5. The van der Waals surface area contributed by atoms with Crippen LogP contribution in [-0.4, -0.2) is 94.9 Å². The van der Waals surface area contributed by atoms with Crippen molar-refractivity contribution in [2.75, 3.05) is 5.88 Å². The lowest BCUT2D eigenvalue weighted by molar-refractivity contribution is -0.285. The third kappa shape index (κ3) is 39.8. The maximum absolute atomic E-state index is 12.5. The van der Waals surface area contributed by atoms with Gasteiger partial charge in [-0.25, -0.2) is 14.0 Å². The molecule has 6 N–H and O–H groups in total. The number of carbonyl (C=O) groups is 6. The van der Waals surface area contributed by atoms with Gasteiger partial charge in [-0.3, -0.25) is 24.2 Å². The summed E-state index contributed by atoms with van der Waals surface area (Å²) in [5.74, 6) is -9.87. The quantitative estimate of drug-likeness (QED) is 0.00992. The summed E-state index contributed by atoms with van der Waals surface area (Å²) in [4.78, 5) is 66.2. The highest BCUT2D eigenvalue weighted by Gasteiger charge is 2.57. The molecule has 1 heterocycles. The summed E-state index contributed by atoms with van der Waals surface area (Å²) < 4.78 is 82.1. The molecule has 1 unspecified atom stereocenters. The number of carboxylic acids is 5. The monoisotopic (exact) mass is 1110 g/mol. The van der Waals surface area contributed by atoms with Gasteiger partial charge in [-0.05, 0) is 62.6 Å². The van der Waals surface area contributed by atoms with Gasteiger partial charge in [0.05, 0.1) is 6.42 Å². The number of pyridine rings is 1. The zero-order valence-electron chi connectivity index (χ0n) is 41.4. The number of carbonyl (C=O) groups excluding carboxylic acids is 1. The highest BCUT2D eigenvalue weighted by atomic mass is 35.5. The van der Waals surface area contributed by atoms with E-state index in [4.69, 9.17) is 48.7 Å². The third-order valence-electron chi connectivity index (χ3n) is 9.92. The van der Waals surface area contributed by atoms with Crippen LogP contribution in [0.25, 0.3) is 10.9 Å². The Morgan fingerprint density at radius 1 is 0.613 bits per heavy atom. The summed E-state index contributed by atoms with van der Waals surface area (Å²) >= 11 is 11.6. The van der Waals surface area contributed by atoms with E-state index in [1.165, 1.54) is 107 Å². The molecule has 75 heavy (non-hydrogen) atoms. The summed E-state index contributed by atoms with van der Waals surface area (Å²) in [6, 6.07) is 11.7. The first-order valence-electron chi connectivity index (χ1n) is 23.7. The number of fused-ring (bicyclic) bond motifs is 1. The third-order valence-corrected chi connectivity index (χ3v) is 10.8. The van der Waals surface area contributed by atoms with E-state index in [2.05, 4.69) is 4.98 Å². The number of phenols is 1. The van der Waals surface area contributed by atoms with Crippen molar-refractivity contribution in [3.8, 4) is 5.75 Å². The van der Waals surface area contributed by atoms with E-state index in [-0.39, 0.29) is 35.3 Å². The first-order chi connectivity index (χ1) is 35.3. The van der Waals surface area contributed by atoms with Crippen LogP contribution in [0.1, 0.15) is 143 Å². The van der Waals surface area contributed by atoms with Gasteiger partial charge in [0.25, 0.3) is 0 Å². The lowest BCUT2D eigenvalue weighted by Gasteiger charge is -2.20. The van der Waals surface area contributed by atoms with Gasteiger partial charge in [-0.1, -0.05) is 125 Å². The van der Waals surface area contributed by atoms with Crippen LogP contribution in [-0.2, 0) is 19.2 Å². The zero-order valence-corrected chi connectivity index (χ0v) is 42.9. The maximum atomic E-state index is 12.5. The number of Topliss-reactive ketones (excluding diaryl/α,β-unsaturated/α-hetero) is 1. The molecule has 0 aliphatic carbocycles. The maximum Gasteiger partial charge on any atom is 0.401 e. The Bertz CT molecular complexity index is 2240. The molecule has 0 aliphatic heterocycles. The second kappa shape index (κ2) is 42.0. The second-order valence-corrected chi connectivity index (χ2v) is 17.1. The number of nitrogens with zero attached hydrogens (tertiary/aromatic N) is 1. The predicted molar refractivity (Wildman–Crippen MR) is 273 cm³/mol. The first kappa shape index (κ1) is 70.8. The molecule has 3 rings (SSSR count). The Morgan fingerprint density at radius 2 is 1.09 bits per heavy atom. The van der Waals surface area contributed by atoms with E-state index in [1.807, 2.05) is 31.2 Å². The molecule has 1 atom stereocenters. The Hall–Kier alpha value is -6.28. The molecule has 1 aromatic heterocycles. The van der Waals surface area contributed by atoms with Crippen LogP contribution in [0.2, 0.25) is 0 Å². The number of hydrogen-bond acceptors (Lipinski definition) is 8. The van der Waals surface area contributed by atoms with Gasteiger partial charge < -0.3 is 30.6 Å². The zero-order chi connectivity index (χ0) is 57.2. The minimum absolute atomic E-state index is 0.0209. The SMILES string of the molecule is CC=CC=CC=CC=CC(=O)O.O=C(O)CC(C(F)(F)F)C(F)(F)F.O=C(O)CCCC(=O)c1ccc(F)cc1.O=C(O)CCCCCCCCCCCCCCC(Cl)CCl.O=C(O)c1ccc2cccnc2c1O. The number of aliphatic carboxylic acids is 4. The average Bonchev–Trinajstić information content (AvgIpc) is 3.33. The second-order valence-electron chi connectivity index (χ2n) is 16.2. The van der Waals surface area contributed by atoms with E-state index in [9.17, 15) is 64.6 Å². The van der Waals surface area contributed by atoms with E-state index in [1.54, 1.807) is 30.4 Å². The summed E-state index contributed by atoms with van der Waals surface area (Å²) in [6.45, 7) is 1.93. The van der Waals surface area contributed by atoms with Gasteiger partial charge in [0.1, 0.15) is 16.9 Å². The van der Waals surface area contributed by atoms with Crippen LogP contribution in [0, 0.1) is 11.7 Å². The number of aromatic nitrogens is 1. The van der Waals surface area contributed by atoms with Crippen molar-refractivity contribution in [1.29, 1.82) is 0 Å². The number of alkyl halides is 8. The van der Waals surface area contributed by atoms with E-state index in [0.717, 1.165) is 30.7 Å². The molecule has 0 radical (unpaired) electrons. The molecule has 2 aromatic carbocycles. The van der Waals surface area contributed by atoms with Crippen LogP contribution in [0.3, 0.4) is 0 Å². The number of ketones is 1. The number of unbranched alkanes of at least 4 members (excludes halogenated alkanes) is 11. The fraction of sp³-hybridized carbons (Fsp3) is 0.453. The Labute approximate surface area is 441 Å². The predicted octanol–water partition coefficient (Wildman–Crippen LogP) is 14.8. The number of benzene rings is 2. The van der Waals surface area contributed by atoms with E-state index < -0.39 is 60.4 Å². The van der Waals surface area contributed by atoms with Gasteiger partial charge in [0, 0.05) is 53.7 Å². The molecule has 0 amide bonds. The molecule has 0 saturated heterocycles. The van der Waals surface area contributed by atoms with E-state index in [0.29, 0.717) is 29.8 Å². The van der Waals surface area contributed by atoms with Crippen molar-refractivity contribution in [1.82, 2.24) is 4.98 Å². The normalized spacial score (nSPS) is 11.8. The molecule has 0 spiro atoms. The van der Waals surface area contributed by atoms with Gasteiger partial charge in [-0.15, -0.1) is 23.2 Å². The Balaban J connectivity index is 0. The molecule has 0 bridgehead atoms. The van der Waals surface area contributed by atoms with Crippen molar-refractivity contribution in [2.45, 2.75) is 140 Å². The molecular formula is C53H66Cl2F7NO12. The molecular weight excluding hydrogens is 1050 g/mol. The highest BCUT2D eigenvalue weighted by molar-refractivity contribution is 6.28. The number of halogens is 9. The molecule has 22 heteroatoms. The Kier molecular flexibility index (Phi) is 39.6. The minimum Gasteiger partial charge on any atom is -0.505 e. The summed E-state index contributed by atoms with van der Waals surface area (Å²) in [7, 11) is 0. The van der Waals surface area contributed by atoms with Crippen molar-refractivity contribution in [2.24, 2.45) is 5.92 Å². The van der Waals surface area contributed by atoms with E-state index >= 15 is 0 Å². The topological polar surface area (TPSA) is 237 Å². The lowest BCUT2D eigenvalue weighted by atomic mass is 10.0. The van der Waals surface area contributed by atoms with Crippen LogP contribution in [0.15, 0.2) is 103 Å². The van der Waals surface area contributed by atoms with Gasteiger partial charge in [-0.2, -0.15) is 26.3 Å². The highest BCUT2D eigenvalue weighted by Crippen LogP contribution is 2.41. The smallest absolute Gasteiger partial charge is 0.401 e. The number of aromatic carboxylic acids is 1. The van der Waals surface area contributed by atoms with Crippen LogP contribution in [0.5, 0.6) is 5.75 Å². The fourth-order valence-electron chi connectivity index (χ4n) is 6.07. The lowest BCUT2D eigenvalue weighted by Crippen LogP contribution is -2.37.